The third kappa shape index (κ3) is 1.48. The first-order valence-corrected chi connectivity index (χ1v) is 9.27. The van der Waals surface area contributed by atoms with E-state index in [9.17, 15) is 5.11 Å². The first kappa shape index (κ1) is 14.2. The van der Waals surface area contributed by atoms with Crippen molar-refractivity contribution in [1.82, 2.24) is 0 Å². The summed E-state index contributed by atoms with van der Waals surface area (Å²) in [4.78, 5) is 0. The average molecular weight is 311 g/mol. The largest absolute Gasteiger partial charge is 0.497 e. The molecule has 3 fully saturated rings. The number of rotatable bonds is 1. The first-order valence-electron chi connectivity index (χ1n) is 9.27. The number of methoxy groups -OCH3 is 1. The van der Waals surface area contributed by atoms with Gasteiger partial charge in [0.2, 0.25) is 0 Å². The second kappa shape index (κ2) is 4.27. The molecular weight excluding hydrogens is 284 g/mol. The molecule has 1 N–H and O–H groups in total. The summed E-state index contributed by atoms with van der Waals surface area (Å²) in [6.45, 7) is 2.39. The Bertz CT molecular complexity index is 656. The van der Waals surface area contributed by atoms with E-state index in [1.807, 2.05) is 0 Å². The third-order valence-electron chi connectivity index (χ3n) is 8.39. The fourth-order valence-electron chi connectivity index (χ4n) is 7.05. The summed E-state index contributed by atoms with van der Waals surface area (Å²) in [5.74, 6) is 2.39. The zero-order valence-corrected chi connectivity index (χ0v) is 14.3. The van der Waals surface area contributed by atoms with E-state index >= 15 is 0 Å². The Labute approximate surface area is 139 Å². The van der Waals surface area contributed by atoms with E-state index in [2.05, 4.69) is 31.5 Å². The lowest BCUT2D eigenvalue weighted by Crippen LogP contribution is -2.51. The zero-order valence-electron chi connectivity index (χ0n) is 14.3. The maximum absolute atomic E-state index is 11.2. The van der Waals surface area contributed by atoms with Gasteiger partial charge in [0.15, 0.2) is 0 Å². The maximum Gasteiger partial charge on any atom is 0.120 e. The summed E-state index contributed by atoms with van der Waals surface area (Å²) in [6.07, 6.45) is 10.5. The SMILES string of the molecule is COc1ccc2c(c1)CC[C@@H]1[C@@H]2CC[C@]2(C)[C@]3(O)C[CH+][C@]12CC3. The van der Waals surface area contributed by atoms with Crippen LogP contribution in [0.4, 0.5) is 0 Å². The zero-order chi connectivity index (χ0) is 15.9. The Kier molecular flexibility index (Phi) is 2.64. The minimum atomic E-state index is -0.418. The molecule has 2 bridgehead atoms. The van der Waals surface area contributed by atoms with Crippen molar-refractivity contribution in [2.75, 3.05) is 7.11 Å². The quantitative estimate of drug-likeness (QED) is 0.785. The monoisotopic (exact) mass is 311 g/mol. The van der Waals surface area contributed by atoms with Crippen LogP contribution in [0.25, 0.3) is 0 Å². The number of aliphatic hydroxyl groups is 1. The van der Waals surface area contributed by atoms with E-state index in [0.717, 1.165) is 30.9 Å². The van der Waals surface area contributed by atoms with Gasteiger partial charge in [-0.3, -0.25) is 0 Å². The fourth-order valence-corrected chi connectivity index (χ4v) is 7.05. The molecule has 3 saturated carbocycles. The number of aryl methyl sites for hydroxylation is 1. The van der Waals surface area contributed by atoms with Crippen molar-refractivity contribution in [2.45, 2.75) is 63.4 Å². The van der Waals surface area contributed by atoms with Crippen LogP contribution in [0.3, 0.4) is 0 Å². The standard InChI is InChI=1S/C21H27O2/c1-19-8-7-17-16-5-4-15(23-2)13-14(16)3-6-18(17)20(19)9-11-21(19,22)12-10-20/h4-5,9,13,17-18,22H,3,6-8,10-12H2,1-2H3/q+1/t17-,18-,19+,20+,21+/m1/s1. The average Bonchev–Trinajstić information content (AvgIpc) is 2.95. The molecule has 0 heterocycles. The van der Waals surface area contributed by atoms with Crippen LogP contribution in [-0.4, -0.2) is 17.8 Å². The number of ether oxygens (including phenoxy) is 1. The van der Waals surface area contributed by atoms with Gasteiger partial charge in [0.25, 0.3) is 0 Å². The second-order valence-corrected chi connectivity index (χ2v) is 8.67. The van der Waals surface area contributed by atoms with E-state index in [4.69, 9.17) is 4.74 Å². The highest BCUT2D eigenvalue weighted by molar-refractivity contribution is 5.43. The highest BCUT2D eigenvalue weighted by Gasteiger charge is 2.79. The highest BCUT2D eigenvalue weighted by atomic mass is 16.5. The van der Waals surface area contributed by atoms with Crippen LogP contribution in [0.15, 0.2) is 18.2 Å². The molecule has 4 aliphatic carbocycles. The van der Waals surface area contributed by atoms with E-state index in [1.54, 1.807) is 12.7 Å². The Morgan fingerprint density at radius 2 is 2.09 bits per heavy atom. The van der Waals surface area contributed by atoms with Crippen LogP contribution < -0.4 is 4.74 Å². The molecule has 0 saturated heterocycles. The van der Waals surface area contributed by atoms with Crippen LogP contribution in [0.5, 0.6) is 5.75 Å². The van der Waals surface area contributed by atoms with Crippen LogP contribution in [0.1, 0.15) is 62.5 Å². The molecule has 5 atom stereocenters. The molecule has 0 amide bonds. The van der Waals surface area contributed by atoms with Crippen molar-refractivity contribution in [3.8, 4) is 5.75 Å². The van der Waals surface area contributed by atoms with Crippen LogP contribution in [0.2, 0.25) is 0 Å². The molecule has 2 heteroatoms. The van der Waals surface area contributed by atoms with Crippen LogP contribution >= 0.6 is 0 Å². The van der Waals surface area contributed by atoms with Crippen molar-refractivity contribution in [3.63, 3.8) is 0 Å². The predicted molar refractivity (Wildman–Crippen MR) is 90.4 cm³/mol. The summed E-state index contributed by atoms with van der Waals surface area (Å²) in [5, 5.41) is 11.2. The van der Waals surface area contributed by atoms with Gasteiger partial charge in [-0.05, 0) is 67.7 Å². The molecule has 0 aromatic heterocycles. The van der Waals surface area contributed by atoms with Crippen molar-refractivity contribution in [2.24, 2.45) is 16.7 Å². The van der Waals surface area contributed by atoms with Crippen LogP contribution in [0, 0.1) is 23.2 Å². The van der Waals surface area contributed by atoms with Gasteiger partial charge in [-0.15, -0.1) is 0 Å². The normalized spacial score (nSPS) is 46.6. The van der Waals surface area contributed by atoms with Gasteiger partial charge in [-0.1, -0.05) is 13.0 Å². The molecular formula is C21H27O2+. The van der Waals surface area contributed by atoms with Crippen molar-refractivity contribution in [1.29, 1.82) is 0 Å². The van der Waals surface area contributed by atoms with Gasteiger partial charge >= 0.3 is 0 Å². The van der Waals surface area contributed by atoms with Crippen molar-refractivity contribution >= 4 is 0 Å². The minimum Gasteiger partial charge on any atom is -0.497 e. The molecule has 1 aromatic carbocycles. The van der Waals surface area contributed by atoms with E-state index in [1.165, 1.54) is 31.2 Å². The summed E-state index contributed by atoms with van der Waals surface area (Å²) in [5.41, 5.74) is 3.04. The van der Waals surface area contributed by atoms with Gasteiger partial charge in [-0.25, -0.2) is 0 Å². The number of hydrogen-bond acceptors (Lipinski definition) is 2. The Hall–Kier alpha value is -1.15. The van der Waals surface area contributed by atoms with Gasteiger partial charge < -0.3 is 9.84 Å². The smallest absolute Gasteiger partial charge is 0.120 e. The van der Waals surface area contributed by atoms with Gasteiger partial charge in [0.05, 0.1) is 13.5 Å². The summed E-state index contributed by atoms with van der Waals surface area (Å²) >= 11 is 0. The summed E-state index contributed by atoms with van der Waals surface area (Å²) in [7, 11) is 1.76. The lowest BCUT2D eigenvalue weighted by Gasteiger charge is -2.52. The fraction of sp³-hybridized carbons (Fsp3) is 0.667. The number of fused-ring (bicyclic) bond motifs is 3. The van der Waals surface area contributed by atoms with Gasteiger partial charge in [-0.2, -0.15) is 0 Å². The predicted octanol–water partition coefficient (Wildman–Crippen LogP) is 4.26. The number of benzene rings is 1. The Morgan fingerprint density at radius 1 is 1.22 bits per heavy atom. The second-order valence-electron chi connectivity index (χ2n) is 8.67. The Morgan fingerprint density at radius 3 is 2.83 bits per heavy atom. The number of hydrogen-bond donors (Lipinski definition) is 1. The topological polar surface area (TPSA) is 29.5 Å². The third-order valence-corrected chi connectivity index (χ3v) is 8.39. The lowest BCUT2D eigenvalue weighted by molar-refractivity contribution is -0.0966. The molecule has 4 aliphatic rings. The molecule has 122 valence electrons. The van der Waals surface area contributed by atoms with Gasteiger partial charge in [0, 0.05) is 11.3 Å². The summed E-state index contributed by atoms with van der Waals surface area (Å²) in [6, 6.07) is 6.71. The van der Waals surface area contributed by atoms with Crippen molar-refractivity contribution < 1.29 is 9.84 Å². The molecule has 1 aromatic rings. The van der Waals surface area contributed by atoms with Crippen LogP contribution in [-0.2, 0) is 6.42 Å². The molecule has 2 nitrogen and oxygen atoms in total. The van der Waals surface area contributed by atoms with E-state index < -0.39 is 5.60 Å². The molecule has 5 rings (SSSR count). The maximum atomic E-state index is 11.2. The first-order chi connectivity index (χ1) is 11.0. The molecule has 23 heavy (non-hydrogen) atoms. The minimum absolute atomic E-state index is 0.116. The van der Waals surface area contributed by atoms with E-state index in [-0.39, 0.29) is 10.8 Å². The Balaban J connectivity index is 1.59. The van der Waals surface area contributed by atoms with Gasteiger partial charge in [0.1, 0.15) is 23.2 Å². The molecule has 0 radical (unpaired) electrons. The molecule has 0 spiro atoms. The van der Waals surface area contributed by atoms with Crippen molar-refractivity contribution in [3.05, 3.63) is 35.7 Å². The summed E-state index contributed by atoms with van der Waals surface area (Å²) < 4.78 is 5.42. The lowest BCUT2D eigenvalue weighted by atomic mass is 9.48. The highest BCUT2D eigenvalue weighted by Crippen LogP contribution is 2.77. The molecule has 0 aliphatic heterocycles. The molecule has 0 unspecified atom stereocenters. The van der Waals surface area contributed by atoms with E-state index in [0.29, 0.717) is 5.92 Å².